The number of nitrogens with zero attached hydrogens (tertiary/aromatic N) is 3. The van der Waals surface area contributed by atoms with Crippen molar-refractivity contribution in [3.05, 3.63) is 45.9 Å². The number of ether oxygens (including phenoxy) is 2. The molecule has 9 nitrogen and oxygen atoms in total. The Morgan fingerprint density at radius 3 is 2.59 bits per heavy atom. The van der Waals surface area contributed by atoms with E-state index in [2.05, 4.69) is 15.0 Å². The fraction of sp³-hybridized carbons (Fsp3) is 0.400. The lowest BCUT2D eigenvalue weighted by Gasteiger charge is -2.07. The van der Waals surface area contributed by atoms with E-state index >= 15 is 0 Å². The number of hydrogen-bond donors (Lipinski definition) is 2. The number of aryl methyl sites for hydroxylation is 1. The van der Waals surface area contributed by atoms with E-state index in [1.807, 2.05) is 31.2 Å². The first-order valence-electron chi connectivity index (χ1n) is 9.49. The monoisotopic (exact) mass is 399 g/mol. The number of imidazole rings is 1. The van der Waals surface area contributed by atoms with Crippen LogP contribution in [0.3, 0.4) is 0 Å². The molecule has 0 fully saturated rings. The molecule has 3 aromatic rings. The second-order valence-electron chi connectivity index (χ2n) is 6.66. The SMILES string of the molecule is CCC(=O)CCc1ccc(Cn2c(=O)[nH]c3c(N)nc(OCCOC)nc32)cc1. The van der Waals surface area contributed by atoms with Crippen LogP contribution < -0.4 is 16.2 Å². The smallest absolute Gasteiger partial charge is 0.328 e. The van der Waals surface area contributed by atoms with Crippen molar-refractivity contribution in [2.24, 2.45) is 0 Å². The van der Waals surface area contributed by atoms with Gasteiger partial charge in [-0.2, -0.15) is 9.97 Å². The van der Waals surface area contributed by atoms with Crippen LogP contribution in [0.2, 0.25) is 0 Å². The zero-order valence-corrected chi connectivity index (χ0v) is 16.6. The molecule has 2 heterocycles. The number of nitrogens with two attached hydrogens (primary N) is 1. The molecule has 9 heteroatoms. The van der Waals surface area contributed by atoms with Crippen LogP contribution in [0.5, 0.6) is 6.01 Å². The third-order valence-electron chi connectivity index (χ3n) is 4.60. The van der Waals surface area contributed by atoms with Gasteiger partial charge in [0.1, 0.15) is 17.9 Å². The zero-order valence-electron chi connectivity index (χ0n) is 16.6. The second-order valence-corrected chi connectivity index (χ2v) is 6.66. The van der Waals surface area contributed by atoms with Crippen LogP contribution in [0.15, 0.2) is 29.1 Å². The molecule has 0 aliphatic rings. The summed E-state index contributed by atoms with van der Waals surface area (Å²) in [7, 11) is 1.57. The number of carbonyl (C=O) groups is 1. The molecule has 0 aliphatic carbocycles. The Kier molecular flexibility index (Phi) is 6.61. The largest absolute Gasteiger partial charge is 0.461 e. The average molecular weight is 399 g/mol. The first-order chi connectivity index (χ1) is 14.0. The Bertz CT molecular complexity index is 1040. The molecule has 3 rings (SSSR count). The van der Waals surface area contributed by atoms with Gasteiger partial charge < -0.3 is 20.2 Å². The van der Waals surface area contributed by atoms with E-state index in [9.17, 15) is 9.59 Å². The average Bonchev–Trinajstić information content (AvgIpc) is 3.03. The molecule has 0 amide bonds. The van der Waals surface area contributed by atoms with Crippen molar-refractivity contribution in [2.75, 3.05) is 26.1 Å². The number of carbonyl (C=O) groups excluding carboxylic acids is 1. The highest BCUT2D eigenvalue weighted by Gasteiger charge is 2.15. The number of methoxy groups -OCH3 is 1. The summed E-state index contributed by atoms with van der Waals surface area (Å²) in [5.41, 5.74) is 8.40. The summed E-state index contributed by atoms with van der Waals surface area (Å²) in [5.74, 6) is 0.398. The number of benzene rings is 1. The Balaban J connectivity index is 1.81. The Morgan fingerprint density at radius 1 is 1.17 bits per heavy atom. The van der Waals surface area contributed by atoms with Crippen molar-refractivity contribution in [3.8, 4) is 6.01 Å². The van der Waals surface area contributed by atoms with Crippen molar-refractivity contribution in [3.63, 3.8) is 0 Å². The molecule has 3 N–H and O–H groups in total. The van der Waals surface area contributed by atoms with Crippen LogP contribution in [-0.2, 0) is 22.5 Å². The number of nitrogens with one attached hydrogen (secondary N) is 1. The van der Waals surface area contributed by atoms with Gasteiger partial charge in [0.25, 0.3) is 0 Å². The summed E-state index contributed by atoms with van der Waals surface area (Å²) < 4.78 is 11.9. The number of anilines is 1. The highest BCUT2D eigenvalue weighted by molar-refractivity contribution is 5.82. The van der Waals surface area contributed by atoms with Gasteiger partial charge in [-0.1, -0.05) is 31.2 Å². The third kappa shape index (κ3) is 5.00. The van der Waals surface area contributed by atoms with Gasteiger partial charge >= 0.3 is 11.7 Å². The maximum atomic E-state index is 12.4. The molecular weight excluding hydrogens is 374 g/mol. The van der Waals surface area contributed by atoms with E-state index < -0.39 is 0 Å². The van der Waals surface area contributed by atoms with Crippen LogP contribution in [0, 0.1) is 0 Å². The lowest BCUT2D eigenvalue weighted by atomic mass is 10.0. The quantitative estimate of drug-likeness (QED) is 0.497. The highest BCUT2D eigenvalue weighted by Crippen LogP contribution is 2.19. The van der Waals surface area contributed by atoms with Crippen molar-refractivity contribution in [1.29, 1.82) is 0 Å². The fourth-order valence-electron chi connectivity index (χ4n) is 2.91. The minimum Gasteiger partial charge on any atom is -0.461 e. The predicted octanol–water partition coefficient (Wildman–Crippen LogP) is 1.69. The molecule has 0 unspecified atom stereocenters. The molecule has 29 heavy (non-hydrogen) atoms. The molecule has 0 saturated heterocycles. The first kappa shape index (κ1) is 20.5. The van der Waals surface area contributed by atoms with E-state index in [1.54, 1.807) is 7.11 Å². The predicted molar refractivity (Wildman–Crippen MR) is 109 cm³/mol. The van der Waals surface area contributed by atoms with Crippen molar-refractivity contribution in [2.45, 2.75) is 32.7 Å². The van der Waals surface area contributed by atoms with E-state index in [4.69, 9.17) is 15.2 Å². The van der Waals surface area contributed by atoms with Crippen LogP contribution in [-0.4, -0.2) is 45.6 Å². The van der Waals surface area contributed by atoms with Gasteiger partial charge in [0.15, 0.2) is 11.5 Å². The van der Waals surface area contributed by atoms with Crippen molar-refractivity contribution in [1.82, 2.24) is 19.5 Å². The summed E-state index contributed by atoms with van der Waals surface area (Å²) in [4.78, 5) is 35.0. The number of aromatic nitrogens is 4. The van der Waals surface area contributed by atoms with E-state index in [-0.39, 0.29) is 29.9 Å². The molecule has 0 aliphatic heterocycles. The number of ketones is 1. The molecule has 0 bridgehead atoms. The lowest BCUT2D eigenvalue weighted by Crippen LogP contribution is -2.18. The van der Waals surface area contributed by atoms with E-state index in [1.165, 1.54) is 4.57 Å². The van der Waals surface area contributed by atoms with Crippen molar-refractivity contribution >= 4 is 22.8 Å². The summed E-state index contributed by atoms with van der Waals surface area (Å²) >= 11 is 0. The van der Waals surface area contributed by atoms with Gasteiger partial charge in [-0.15, -0.1) is 0 Å². The molecule has 1 aromatic carbocycles. The summed E-state index contributed by atoms with van der Waals surface area (Å²) in [6, 6.07) is 7.92. The molecule has 154 valence electrons. The lowest BCUT2D eigenvalue weighted by molar-refractivity contribution is -0.118. The van der Waals surface area contributed by atoms with Gasteiger partial charge in [-0.05, 0) is 17.5 Å². The second kappa shape index (κ2) is 9.33. The number of rotatable bonds is 10. The van der Waals surface area contributed by atoms with Gasteiger partial charge in [-0.3, -0.25) is 9.36 Å². The molecule has 0 saturated carbocycles. The highest BCUT2D eigenvalue weighted by atomic mass is 16.5. The number of Topliss-reactive ketones (excluding diaryl/α,β-unsaturated/α-hetero) is 1. The number of hydrogen-bond acceptors (Lipinski definition) is 7. The summed E-state index contributed by atoms with van der Waals surface area (Å²) in [6.07, 6.45) is 1.81. The molecule has 0 spiro atoms. The van der Waals surface area contributed by atoms with Crippen LogP contribution in [0.25, 0.3) is 11.2 Å². The van der Waals surface area contributed by atoms with Crippen LogP contribution >= 0.6 is 0 Å². The Morgan fingerprint density at radius 2 is 1.90 bits per heavy atom. The van der Waals surface area contributed by atoms with Gasteiger partial charge in [0.05, 0.1) is 13.2 Å². The van der Waals surface area contributed by atoms with E-state index in [0.717, 1.165) is 11.1 Å². The van der Waals surface area contributed by atoms with Crippen molar-refractivity contribution < 1.29 is 14.3 Å². The number of fused-ring (bicyclic) bond motifs is 1. The maximum absolute atomic E-state index is 12.4. The zero-order chi connectivity index (χ0) is 20.8. The van der Waals surface area contributed by atoms with Crippen LogP contribution in [0.4, 0.5) is 5.82 Å². The molecule has 2 aromatic heterocycles. The topological polar surface area (TPSA) is 125 Å². The third-order valence-corrected chi connectivity index (χ3v) is 4.60. The van der Waals surface area contributed by atoms with E-state index in [0.29, 0.717) is 43.6 Å². The summed E-state index contributed by atoms with van der Waals surface area (Å²) in [6.45, 7) is 2.85. The van der Waals surface area contributed by atoms with Crippen LogP contribution in [0.1, 0.15) is 30.9 Å². The normalized spacial score (nSPS) is 11.1. The number of aromatic amines is 1. The Labute approximate surface area is 167 Å². The Hall–Kier alpha value is -3.20. The molecular formula is C20H25N5O4. The van der Waals surface area contributed by atoms with Gasteiger partial charge in [0, 0.05) is 20.0 Å². The standard InChI is InChI=1S/C20H25N5O4/c1-3-15(26)9-8-13-4-6-14(7-5-13)12-25-18-16(22-20(25)27)17(21)23-19(24-18)29-11-10-28-2/h4-7H,3,8-12H2,1-2H3,(H,22,27)(H2,21,23,24). The minimum atomic E-state index is -0.326. The number of H-pyrrole nitrogens is 1. The first-order valence-corrected chi connectivity index (χ1v) is 9.49. The van der Waals surface area contributed by atoms with Gasteiger partial charge in [-0.25, -0.2) is 4.79 Å². The minimum absolute atomic E-state index is 0.0933. The number of nitrogen functional groups attached to an aromatic ring is 1. The molecule has 0 radical (unpaired) electrons. The molecule has 0 atom stereocenters. The fourth-order valence-corrected chi connectivity index (χ4v) is 2.91. The summed E-state index contributed by atoms with van der Waals surface area (Å²) in [5, 5.41) is 0. The van der Waals surface area contributed by atoms with Gasteiger partial charge in [0.2, 0.25) is 0 Å². The maximum Gasteiger partial charge on any atom is 0.328 e.